The predicted octanol–water partition coefficient (Wildman–Crippen LogP) is 4.79. The predicted molar refractivity (Wildman–Crippen MR) is 111 cm³/mol. The van der Waals surface area contributed by atoms with E-state index in [0.717, 1.165) is 18.7 Å². The number of rotatable bonds is 8. The van der Waals surface area contributed by atoms with E-state index in [2.05, 4.69) is 29.2 Å². The van der Waals surface area contributed by atoms with Crippen LogP contribution in [0.25, 0.3) is 0 Å². The number of benzene rings is 3. The Labute approximate surface area is 166 Å². The van der Waals surface area contributed by atoms with Gasteiger partial charge < -0.3 is 4.74 Å². The molecule has 3 nitrogen and oxygen atoms in total. The summed E-state index contributed by atoms with van der Waals surface area (Å²) in [5.74, 6) is 0.153. The number of ketones is 1. The van der Waals surface area contributed by atoms with E-state index >= 15 is 0 Å². The van der Waals surface area contributed by atoms with Crippen molar-refractivity contribution in [1.82, 2.24) is 4.90 Å². The molecule has 3 aromatic carbocycles. The Morgan fingerprint density at radius 1 is 0.821 bits per heavy atom. The van der Waals surface area contributed by atoms with Crippen molar-refractivity contribution in [3.05, 3.63) is 108 Å². The van der Waals surface area contributed by atoms with Gasteiger partial charge in [-0.15, -0.1) is 0 Å². The zero-order valence-electron chi connectivity index (χ0n) is 16.1. The summed E-state index contributed by atoms with van der Waals surface area (Å²) >= 11 is 0. The first-order valence-corrected chi connectivity index (χ1v) is 9.78. The molecule has 142 valence electrons. The largest absolute Gasteiger partial charge is 0.356 e. The maximum Gasteiger partial charge on any atom is 0.181 e. The first-order chi connectivity index (χ1) is 13.7. The summed E-state index contributed by atoms with van der Waals surface area (Å²) in [6.45, 7) is 3.45. The number of Topliss-reactive ketones (excluding diaryl/α,β-unsaturated/α-hetero) is 1. The molecule has 1 saturated heterocycles. The lowest BCUT2D eigenvalue weighted by Crippen LogP contribution is -2.40. The molecule has 0 saturated carbocycles. The van der Waals surface area contributed by atoms with Crippen molar-refractivity contribution in [2.45, 2.75) is 38.3 Å². The van der Waals surface area contributed by atoms with Gasteiger partial charge in [-0.1, -0.05) is 91.0 Å². The minimum atomic E-state index is -0.341. The van der Waals surface area contributed by atoms with Gasteiger partial charge in [0.1, 0.15) is 12.2 Å². The third-order valence-corrected chi connectivity index (χ3v) is 5.32. The molecule has 1 aliphatic rings. The zero-order valence-corrected chi connectivity index (χ0v) is 16.1. The van der Waals surface area contributed by atoms with Gasteiger partial charge in [-0.05, 0) is 23.6 Å². The fourth-order valence-electron chi connectivity index (χ4n) is 3.61. The molecule has 0 aliphatic carbocycles. The second-order valence-electron chi connectivity index (χ2n) is 7.34. The molecular weight excluding hydrogens is 346 g/mol. The number of nitrogens with zero attached hydrogens (tertiary/aromatic N) is 1. The number of hydrogen-bond acceptors (Lipinski definition) is 3. The number of carbonyl (C=O) groups excluding carboxylic acids is 1. The van der Waals surface area contributed by atoms with Crippen LogP contribution in [0.4, 0.5) is 0 Å². The normalized spacial score (nSPS) is 19.4. The highest BCUT2D eigenvalue weighted by atomic mass is 16.6. The van der Waals surface area contributed by atoms with Crippen molar-refractivity contribution in [1.29, 1.82) is 0 Å². The van der Waals surface area contributed by atoms with Gasteiger partial charge in [0.15, 0.2) is 5.78 Å². The second-order valence-corrected chi connectivity index (χ2v) is 7.34. The molecule has 1 aliphatic heterocycles. The lowest BCUT2D eigenvalue weighted by Gasteiger charge is -2.28. The van der Waals surface area contributed by atoms with Gasteiger partial charge in [0.25, 0.3) is 0 Å². The molecule has 0 aromatic heterocycles. The van der Waals surface area contributed by atoms with E-state index in [1.807, 2.05) is 73.7 Å². The summed E-state index contributed by atoms with van der Waals surface area (Å²) in [4.78, 5) is 15.4. The smallest absolute Gasteiger partial charge is 0.181 e. The quantitative estimate of drug-likeness (QED) is 0.534. The van der Waals surface area contributed by atoms with E-state index in [1.54, 1.807) is 0 Å². The summed E-state index contributed by atoms with van der Waals surface area (Å²) in [6.07, 6.45) is -0.446. The van der Waals surface area contributed by atoms with Gasteiger partial charge in [-0.2, -0.15) is 0 Å². The van der Waals surface area contributed by atoms with Crippen molar-refractivity contribution in [2.24, 2.45) is 0 Å². The Balaban J connectivity index is 1.49. The number of epoxide rings is 1. The highest BCUT2D eigenvalue weighted by molar-refractivity contribution is 5.90. The van der Waals surface area contributed by atoms with Crippen LogP contribution >= 0.6 is 0 Å². The lowest BCUT2D eigenvalue weighted by atomic mass is 10.0. The Morgan fingerprint density at radius 3 is 1.79 bits per heavy atom. The molecule has 4 rings (SSSR count). The Bertz CT molecular complexity index is 854. The minimum Gasteiger partial charge on any atom is -0.356 e. The Kier molecular flexibility index (Phi) is 5.65. The Morgan fingerprint density at radius 2 is 1.29 bits per heavy atom. The SMILES string of the molecule is C[C@@H](C(=O)[C@H]1O[C@@H]1c1ccccc1)N(Cc1ccccc1)Cc1ccccc1. The molecule has 1 fully saturated rings. The second kappa shape index (κ2) is 8.51. The summed E-state index contributed by atoms with van der Waals surface area (Å²) < 4.78 is 5.76. The van der Waals surface area contributed by atoms with Crippen LogP contribution in [0.1, 0.15) is 29.7 Å². The summed E-state index contributed by atoms with van der Waals surface area (Å²) in [5.41, 5.74) is 3.48. The average molecular weight is 371 g/mol. The third-order valence-electron chi connectivity index (χ3n) is 5.32. The molecule has 3 heteroatoms. The number of hydrogen-bond donors (Lipinski definition) is 0. The molecule has 0 radical (unpaired) electrons. The van der Waals surface area contributed by atoms with Crippen LogP contribution in [0.2, 0.25) is 0 Å². The standard InChI is InChI=1S/C25H25NO2/c1-19(23(27)25-24(28-25)22-15-9-4-10-16-22)26(17-20-11-5-2-6-12-20)18-21-13-7-3-8-14-21/h2-16,19,24-25H,17-18H2,1H3/t19-,24+,25+/m0/s1. The van der Waals surface area contributed by atoms with Gasteiger partial charge >= 0.3 is 0 Å². The molecule has 0 bridgehead atoms. The maximum absolute atomic E-state index is 13.1. The zero-order chi connectivity index (χ0) is 19.3. The fraction of sp³-hybridized carbons (Fsp3) is 0.240. The van der Waals surface area contributed by atoms with E-state index in [0.29, 0.717) is 0 Å². The lowest BCUT2D eigenvalue weighted by molar-refractivity contribution is -0.125. The van der Waals surface area contributed by atoms with Gasteiger partial charge in [0, 0.05) is 13.1 Å². The van der Waals surface area contributed by atoms with Crippen molar-refractivity contribution < 1.29 is 9.53 Å². The van der Waals surface area contributed by atoms with E-state index in [9.17, 15) is 4.79 Å². The molecule has 0 N–H and O–H groups in total. The summed E-state index contributed by atoms with van der Waals surface area (Å²) in [5, 5.41) is 0. The highest BCUT2D eigenvalue weighted by Gasteiger charge is 2.48. The van der Waals surface area contributed by atoms with Crippen LogP contribution in [0, 0.1) is 0 Å². The molecule has 0 spiro atoms. The molecule has 28 heavy (non-hydrogen) atoms. The van der Waals surface area contributed by atoms with Crippen LogP contribution < -0.4 is 0 Å². The van der Waals surface area contributed by atoms with Crippen LogP contribution in [-0.2, 0) is 22.6 Å². The fourth-order valence-corrected chi connectivity index (χ4v) is 3.61. The number of carbonyl (C=O) groups is 1. The summed E-state index contributed by atoms with van der Waals surface area (Å²) in [6, 6.07) is 30.4. The van der Waals surface area contributed by atoms with Crippen molar-refractivity contribution in [2.75, 3.05) is 0 Å². The van der Waals surface area contributed by atoms with E-state index in [4.69, 9.17) is 4.74 Å². The third kappa shape index (κ3) is 4.38. The number of ether oxygens (including phenoxy) is 1. The maximum atomic E-state index is 13.1. The summed E-state index contributed by atoms with van der Waals surface area (Å²) in [7, 11) is 0. The highest BCUT2D eigenvalue weighted by Crippen LogP contribution is 2.40. The molecule has 3 aromatic rings. The molecule has 0 unspecified atom stereocenters. The van der Waals surface area contributed by atoms with Gasteiger partial charge in [0.2, 0.25) is 0 Å². The van der Waals surface area contributed by atoms with Gasteiger partial charge in [0.05, 0.1) is 6.04 Å². The van der Waals surface area contributed by atoms with Gasteiger partial charge in [-0.25, -0.2) is 0 Å². The van der Waals surface area contributed by atoms with Crippen LogP contribution in [0.5, 0.6) is 0 Å². The molecular formula is C25H25NO2. The van der Waals surface area contributed by atoms with Crippen LogP contribution in [0.15, 0.2) is 91.0 Å². The minimum absolute atomic E-state index is 0.105. The Hall–Kier alpha value is -2.75. The van der Waals surface area contributed by atoms with E-state index < -0.39 is 0 Å². The van der Waals surface area contributed by atoms with Crippen LogP contribution in [0.3, 0.4) is 0 Å². The molecule has 3 atom stereocenters. The van der Waals surface area contributed by atoms with Gasteiger partial charge in [-0.3, -0.25) is 9.69 Å². The topological polar surface area (TPSA) is 32.8 Å². The first kappa shape index (κ1) is 18.6. The van der Waals surface area contributed by atoms with Crippen molar-refractivity contribution in [3.63, 3.8) is 0 Å². The van der Waals surface area contributed by atoms with Crippen molar-refractivity contribution >= 4 is 5.78 Å². The van der Waals surface area contributed by atoms with E-state index in [-0.39, 0.29) is 24.0 Å². The van der Waals surface area contributed by atoms with Crippen molar-refractivity contribution in [3.8, 4) is 0 Å². The average Bonchev–Trinajstić information content (AvgIpc) is 3.55. The molecule has 1 heterocycles. The molecule has 0 amide bonds. The monoisotopic (exact) mass is 371 g/mol. The first-order valence-electron chi connectivity index (χ1n) is 9.78. The van der Waals surface area contributed by atoms with Crippen LogP contribution in [-0.4, -0.2) is 22.8 Å². The van der Waals surface area contributed by atoms with E-state index in [1.165, 1.54) is 11.1 Å².